The van der Waals surface area contributed by atoms with Gasteiger partial charge in [-0.2, -0.15) is 0 Å². The molecule has 0 saturated carbocycles. The molecule has 0 radical (unpaired) electrons. The largest absolute Gasteiger partial charge is 0.389 e. The van der Waals surface area contributed by atoms with Crippen LogP contribution >= 0.6 is 0 Å². The van der Waals surface area contributed by atoms with Gasteiger partial charge in [0.2, 0.25) is 5.95 Å². The summed E-state index contributed by atoms with van der Waals surface area (Å²) in [5.74, 6) is 0.119. The highest BCUT2D eigenvalue weighted by molar-refractivity contribution is 5.87. The molecule has 1 saturated heterocycles. The highest BCUT2D eigenvalue weighted by Crippen LogP contribution is 2.29. The van der Waals surface area contributed by atoms with Gasteiger partial charge in [0.15, 0.2) is 5.82 Å². The second-order valence-corrected chi connectivity index (χ2v) is 7.36. The molecule has 146 valence electrons. The monoisotopic (exact) mass is 382 g/mol. The van der Waals surface area contributed by atoms with E-state index in [1.807, 2.05) is 24.3 Å². The second-order valence-electron chi connectivity index (χ2n) is 7.36. The number of hydrogen-bond acceptors (Lipinski definition) is 6. The van der Waals surface area contributed by atoms with Gasteiger partial charge < -0.3 is 15.2 Å². The number of aromatic nitrogens is 3. The zero-order valence-electron chi connectivity index (χ0n) is 15.9. The van der Waals surface area contributed by atoms with E-state index in [9.17, 15) is 9.50 Å². The van der Waals surface area contributed by atoms with Crippen LogP contribution in [0.4, 0.5) is 10.3 Å². The predicted octanol–water partition coefficient (Wildman–Crippen LogP) is 3.52. The minimum absolute atomic E-state index is 0.222. The number of aliphatic hydroxyl groups excluding tert-OH is 1. The Labute approximate surface area is 162 Å². The van der Waals surface area contributed by atoms with Crippen molar-refractivity contribution in [3.05, 3.63) is 48.0 Å². The van der Waals surface area contributed by atoms with Gasteiger partial charge in [0.25, 0.3) is 0 Å². The summed E-state index contributed by atoms with van der Waals surface area (Å²) in [6.07, 6.45) is 2.94. The highest BCUT2D eigenvalue weighted by Gasteiger charge is 2.24. The number of halogens is 1. The maximum absolute atomic E-state index is 14.5. The topological polar surface area (TPSA) is 80.2 Å². The maximum Gasteiger partial charge on any atom is 0.223 e. The molecular formula is C21H23FN4O2. The fraction of sp³-hybridized carbons (Fsp3) is 0.381. The van der Waals surface area contributed by atoms with Crippen LogP contribution < -0.4 is 5.32 Å². The van der Waals surface area contributed by atoms with E-state index >= 15 is 0 Å². The van der Waals surface area contributed by atoms with E-state index in [2.05, 4.69) is 34.1 Å². The number of anilines is 1. The standard InChI is InChI=1S/C21H23FN4O2/c1-12(2)14-5-7-23-17-4-3-13(9-15(14)17)20-16(22)10-24-21(26-20)25-18-6-8-28-11-19(18)27/h3-5,7,9-10,12,18-19,27H,6,8,11H2,1-2H3,(H,24,25,26)/t18-,19-/m1/s1. The molecule has 2 aromatic heterocycles. The number of fused-ring (bicyclic) bond motifs is 1. The number of pyridine rings is 1. The van der Waals surface area contributed by atoms with Crippen LogP contribution in [0.5, 0.6) is 0 Å². The third-order valence-corrected chi connectivity index (χ3v) is 5.06. The minimum atomic E-state index is -0.647. The Kier molecular flexibility index (Phi) is 5.19. The van der Waals surface area contributed by atoms with Crippen molar-refractivity contribution in [2.45, 2.75) is 38.3 Å². The van der Waals surface area contributed by atoms with Crippen LogP contribution in [0.25, 0.3) is 22.2 Å². The zero-order valence-corrected chi connectivity index (χ0v) is 15.9. The molecule has 1 aliphatic rings. The predicted molar refractivity (Wildman–Crippen MR) is 106 cm³/mol. The maximum atomic E-state index is 14.5. The van der Waals surface area contributed by atoms with Crippen LogP contribution in [0.15, 0.2) is 36.7 Å². The quantitative estimate of drug-likeness (QED) is 0.719. The van der Waals surface area contributed by atoms with E-state index in [-0.39, 0.29) is 24.3 Å². The van der Waals surface area contributed by atoms with Crippen molar-refractivity contribution in [3.63, 3.8) is 0 Å². The lowest BCUT2D eigenvalue weighted by atomic mass is 9.97. The molecule has 1 fully saturated rings. The first-order chi connectivity index (χ1) is 13.5. The first-order valence-corrected chi connectivity index (χ1v) is 9.47. The number of nitrogens with one attached hydrogen (secondary N) is 1. The number of ether oxygens (including phenoxy) is 1. The molecule has 6 nitrogen and oxygen atoms in total. The van der Waals surface area contributed by atoms with Crippen molar-refractivity contribution in [2.24, 2.45) is 0 Å². The van der Waals surface area contributed by atoms with Gasteiger partial charge in [0, 0.05) is 23.8 Å². The molecule has 28 heavy (non-hydrogen) atoms. The molecule has 0 unspecified atom stereocenters. The molecule has 0 spiro atoms. The van der Waals surface area contributed by atoms with Crippen LogP contribution in [-0.2, 0) is 4.74 Å². The van der Waals surface area contributed by atoms with E-state index in [0.29, 0.717) is 24.5 Å². The number of rotatable bonds is 4. The first kappa shape index (κ1) is 18.7. The number of hydrogen-bond donors (Lipinski definition) is 2. The molecule has 7 heteroatoms. The van der Waals surface area contributed by atoms with Gasteiger partial charge in [-0.25, -0.2) is 14.4 Å². The van der Waals surface area contributed by atoms with Crippen molar-refractivity contribution in [1.82, 2.24) is 15.0 Å². The van der Waals surface area contributed by atoms with E-state index in [1.165, 1.54) is 0 Å². The Morgan fingerprint density at radius 1 is 1.25 bits per heavy atom. The van der Waals surface area contributed by atoms with Gasteiger partial charge in [0.1, 0.15) is 5.69 Å². The van der Waals surface area contributed by atoms with Crippen LogP contribution in [0.1, 0.15) is 31.7 Å². The number of benzene rings is 1. The van der Waals surface area contributed by atoms with Crippen molar-refractivity contribution >= 4 is 16.9 Å². The second kappa shape index (κ2) is 7.77. The molecule has 3 aromatic rings. The lowest BCUT2D eigenvalue weighted by molar-refractivity contribution is -0.0136. The fourth-order valence-corrected chi connectivity index (χ4v) is 3.51. The Morgan fingerprint density at radius 2 is 2.11 bits per heavy atom. The van der Waals surface area contributed by atoms with Crippen molar-refractivity contribution in [3.8, 4) is 11.3 Å². The summed E-state index contributed by atoms with van der Waals surface area (Å²) < 4.78 is 19.8. The van der Waals surface area contributed by atoms with Gasteiger partial charge in [-0.05, 0) is 36.1 Å². The van der Waals surface area contributed by atoms with E-state index in [1.54, 1.807) is 6.20 Å². The molecule has 1 aliphatic heterocycles. The van der Waals surface area contributed by atoms with E-state index < -0.39 is 11.9 Å². The summed E-state index contributed by atoms with van der Waals surface area (Å²) >= 11 is 0. The van der Waals surface area contributed by atoms with Crippen LogP contribution in [0, 0.1) is 5.82 Å². The molecule has 2 N–H and O–H groups in total. The van der Waals surface area contributed by atoms with Gasteiger partial charge in [-0.3, -0.25) is 4.98 Å². The average Bonchev–Trinajstić information content (AvgIpc) is 2.70. The first-order valence-electron chi connectivity index (χ1n) is 9.47. The molecule has 0 amide bonds. The number of nitrogens with zero attached hydrogens (tertiary/aromatic N) is 3. The Morgan fingerprint density at radius 3 is 2.89 bits per heavy atom. The molecule has 3 heterocycles. The summed E-state index contributed by atoms with van der Waals surface area (Å²) in [4.78, 5) is 12.8. The Bertz CT molecular complexity index is 995. The fourth-order valence-electron chi connectivity index (χ4n) is 3.51. The zero-order chi connectivity index (χ0) is 19.7. The number of aliphatic hydroxyl groups is 1. The Hall–Kier alpha value is -2.64. The van der Waals surface area contributed by atoms with Crippen molar-refractivity contribution in [1.29, 1.82) is 0 Å². The lowest BCUT2D eigenvalue weighted by Gasteiger charge is -2.28. The normalized spacial score (nSPS) is 19.9. The third kappa shape index (κ3) is 3.68. The summed E-state index contributed by atoms with van der Waals surface area (Å²) in [5, 5.41) is 14.1. The highest BCUT2D eigenvalue weighted by atomic mass is 19.1. The van der Waals surface area contributed by atoms with Crippen LogP contribution in [0.2, 0.25) is 0 Å². The van der Waals surface area contributed by atoms with Gasteiger partial charge in [-0.15, -0.1) is 0 Å². The molecule has 2 atom stereocenters. The van der Waals surface area contributed by atoms with Gasteiger partial charge in [0.05, 0.1) is 30.5 Å². The molecule has 4 rings (SSSR count). The van der Waals surface area contributed by atoms with Crippen LogP contribution in [-0.4, -0.2) is 45.4 Å². The summed E-state index contributed by atoms with van der Waals surface area (Å²) in [7, 11) is 0. The summed E-state index contributed by atoms with van der Waals surface area (Å²) in [6, 6.07) is 7.40. The SMILES string of the molecule is CC(C)c1ccnc2ccc(-c3nc(N[C@@H]4CCOC[C@H]4O)ncc3F)cc12. The average molecular weight is 382 g/mol. The van der Waals surface area contributed by atoms with E-state index in [0.717, 1.165) is 22.7 Å². The van der Waals surface area contributed by atoms with E-state index in [4.69, 9.17) is 4.74 Å². The molecule has 0 aliphatic carbocycles. The van der Waals surface area contributed by atoms with Gasteiger partial charge in [-0.1, -0.05) is 19.9 Å². The molecular weight excluding hydrogens is 359 g/mol. The molecule has 1 aromatic carbocycles. The lowest BCUT2D eigenvalue weighted by Crippen LogP contribution is -2.42. The minimum Gasteiger partial charge on any atom is -0.389 e. The molecule has 0 bridgehead atoms. The van der Waals surface area contributed by atoms with Crippen molar-refractivity contribution < 1.29 is 14.2 Å². The summed E-state index contributed by atoms with van der Waals surface area (Å²) in [6.45, 7) is 5.06. The van der Waals surface area contributed by atoms with Crippen LogP contribution in [0.3, 0.4) is 0 Å². The summed E-state index contributed by atoms with van der Waals surface area (Å²) in [5.41, 5.74) is 2.91. The third-order valence-electron chi connectivity index (χ3n) is 5.06. The van der Waals surface area contributed by atoms with Crippen molar-refractivity contribution in [2.75, 3.05) is 18.5 Å². The van der Waals surface area contributed by atoms with Gasteiger partial charge >= 0.3 is 0 Å². The smallest absolute Gasteiger partial charge is 0.223 e. The Balaban J connectivity index is 1.71.